The fourth-order valence-corrected chi connectivity index (χ4v) is 7.09. The normalized spacial score (nSPS) is 26.5. The molecule has 2 fully saturated rings. The van der Waals surface area contributed by atoms with Crippen LogP contribution in [0.4, 0.5) is 5.69 Å². The Morgan fingerprint density at radius 1 is 1.10 bits per heavy atom. The summed E-state index contributed by atoms with van der Waals surface area (Å²) in [4.78, 5) is 27.9. The van der Waals surface area contributed by atoms with Crippen molar-refractivity contribution in [2.75, 3.05) is 4.90 Å². The van der Waals surface area contributed by atoms with Crippen LogP contribution in [0.5, 0.6) is 0 Å². The molecule has 31 heavy (non-hydrogen) atoms. The second kappa shape index (κ2) is 7.14. The highest BCUT2D eigenvalue weighted by Gasteiger charge is 2.64. The molecule has 0 aromatic heterocycles. The van der Waals surface area contributed by atoms with Gasteiger partial charge in [-0.15, -0.1) is 0 Å². The molecule has 1 aromatic carbocycles. The van der Waals surface area contributed by atoms with E-state index in [0.29, 0.717) is 24.9 Å². The van der Waals surface area contributed by atoms with Crippen LogP contribution in [0.15, 0.2) is 29.2 Å². The van der Waals surface area contributed by atoms with Crippen LogP contribution in [0, 0.1) is 22.2 Å². The average Bonchev–Trinajstić information content (AvgIpc) is 2.75. The van der Waals surface area contributed by atoms with Crippen molar-refractivity contribution >= 4 is 27.5 Å². The second-order valence-electron chi connectivity index (χ2n) is 11.8. The Hall–Kier alpha value is -1.73. The van der Waals surface area contributed by atoms with E-state index in [2.05, 4.69) is 25.5 Å². The average molecular weight is 449 g/mol. The molecule has 0 unspecified atom stereocenters. The third kappa shape index (κ3) is 4.07. The number of sulfonamides is 1. The van der Waals surface area contributed by atoms with Gasteiger partial charge < -0.3 is 0 Å². The number of hydrogen-bond donors (Lipinski definition) is 1. The van der Waals surface area contributed by atoms with Gasteiger partial charge in [-0.3, -0.25) is 9.59 Å². The smallest absolute Gasteiger partial charge is 0.241 e. The van der Waals surface area contributed by atoms with E-state index in [1.54, 1.807) is 12.1 Å². The zero-order chi connectivity index (χ0) is 23.6. The van der Waals surface area contributed by atoms with Crippen molar-refractivity contribution in [2.24, 2.45) is 22.2 Å². The molecule has 1 N–H and O–H groups in total. The molecule has 2 amide bonds. The molecule has 1 aromatic rings. The van der Waals surface area contributed by atoms with Crippen molar-refractivity contribution in [3.8, 4) is 0 Å². The van der Waals surface area contributed by atoms with Crippen molar-refractivity contribution in [3.63, 3.8) is 0 Å². The topological polar surface area (TPSA) is 83.6 Å². The summed E-state index contributed by atoms with van der Waals surface area (Å²) in [6, 6.07) is 6.16. The maximum absolute atomic E-state index is 13.4. The van der Waals surface area contributed by atoms with E-state index in [1.807, 2.05) is 34.6 Å². The quantitative estimate of drug-likeness (QED) is 0.673. The lowest BCUT2D eigenvalue weighted by atomic mass is 9.62. The molecule has 1 heterocycles. The summed E-state index contributed by atoms with van der Waals surface area (Å²) in [5.74, 6) is -0.730. The number of nitrogens with zero attached hydrogens (tertiary/aromatic N) is 1. The van der Waals surface area contributed by atoms with Crippen molar-refractivity contribution in [2.45, 2.75) is 85.1 Å². The molecular weight excluding hydrogens is 412 g/mol. The molecule has 2 aliphatic rings. The highest BCUT2D eigenvalue weighted by atomic mass is 32.2. The van der Waals surface area contributed by atoms with E-state index >= 15 is 0 Å². The third-order valence-electron chi connectivity index (χ3n) is 7.19. The summed E-state index contributed by atoms with van der Waals surface area (Å²) < 4.78 is 29.1. The molecule has 7 heteroatoms. The maximum atomic E-state index is 13.4. The zero-order valence-electron chi connectivity index (χ0n) is 20.0. The predicted octanol–water partition coefficient (Wildman–Crippen LogP) is 4.50. The molecule has 1 aliphatic heterocycles. The summed E-state index contributed by atoms with van der Waals surface area (Å²) in [6.45, 7) is 15.8. The summed E-state index contributed by atoms with van der Waals surface area (Å²) in [5.41, 5.74) is -1.45. The molecule has 3 rings (SSSR count). The van der Waals surface area contributed by atoms with Crippen LogP contribution in [-0.2, 0) is 19.6 Å². The molecule has 2 bridgehead atoms. The lowest BCUT2D eigenvalue weighted by Crippen LogP contribution is -2.59. The number of amides is 2. The zero-order valence-corrected chi connectivity index (χ0v) is 20.8. The largest absolute Gasteiger partial charge is 0.274 e. The number of fused-ring (bicyclic) bond motifs is 2. The monoisotopic (exact) mass is 448 g/mol. The minimum absolute atomic E-state index is 0.0508. The molecule has 1 saturated carbocycles. The fourth-order valence-electron chi connectivity index (χ4n) is 5.64. The van der Waals surface area contributed by atoms with Crippen LogP contribution in [0.25, 0.3) is 0 Å². The molecule has 1 saturated heterocycles. The first-order chi connectivity index (χ1) is 13.9. The minimum atomic E-state index is -3.84. The third-order valence-corrected chi connectivity index (χ3v) is 8.88. The van der Waals surface area contributed by atoms with Crippen molar-refractivity contribution in [1.82, 2.24) is 4.72 Å². The SMILES string of the molecule is CC(C)(C)CC(C)(C)NS(=O)(=O)c1cccc(N2C(=O)[C@H]3CC[C@@](C)(C2=O)C3(C)C)c1. The second-order valence-corrected chi connectivity index (χ2v) is 13.5. The van der Waals surface area contributed by atoms with Gasteiger partial charge in [0.05, 0.1) is 16.0 Å². The van der Waals surface area contributed by atoms with Crippen LogP contribution < -0.4 is 9.62 Å². The number of hydrogen-bond acceptors (Lipinski definition) is 4. The number of benzene rings is 1. The Kier molecular flexibility index (Phi) is 5.51. The lowest BCUT2D eigenvalue weighted by molar-refractivity contribution is -0.146. The molecule has 2 atom stereocenters. The molecule has 1 aliphatic carbocycles. The molecule has 0 spiro atoms. The van der Waals surface area contributed by atoms with E-state index in [-0.39, 0.29) is 28.0 Å². The van der Waals surface area contributed by atoms with Crippen LogP contribution in [-0.4, -0.2) is 25.8 Å². The van der Waals surface area contributed by atoms with E-state index in [4.69, 9.17) is 0 Å². The summed E-state index contributed by atoms with van der Waals surface area (Å²) in [7, 11) is -3.84. The maximum Gasteiger partial charge on any atom is 0.241 e. The van der Waals surface area contributed by atoms with Crippen LogP contribution in [0.2, 0.25) is 0 Å². The van der Waals surface area contributed by atoms with Crippen LogP contribution in [0.1, 0.15) is 74.7 Å². The summed E-state index contributed by atoms with van der Waals surface area (Å²) in [5, 5.41) is 0. The van der Waals surface area contributed by atoms with Crippen molar-refractivity contribution in [1.29, 1.82) is 0 Å². The first-order valence-corrected chi connectivity index (χ1v) is 12.4. The minimum Gasteiger partial charge on any atom is -0.274 e. The number of rotatable bonds is 5. The molecule has 0 radical (unpaired) electrons. The Morgan fingerprint density at radius 3 is 2.29 bits per heavy atom. The van der Waals surface area contributed by atoms with Crippen molar-refractivity contribution < 1.29 is 18.0 Å². The molecule has 6 nitrogen and oxygen atoms in total. The Bertz CT molecular complexity index is 1020. The first kappa shape index (κ1) is 23.9. The van der Waals surface area contributed by atoms with Gasteiger partial charge in [-0.25, -0.2) is 18.0 Å². The lowest BCUT2D eigenvalue weighted by Gasteiger charge is -2.47. The van der Waals surface area contributed by atoms with Gasteiger partial charge in [0, 0.05) is 11.5 Å². The van der Waals surface area contributed by atoms with Crippen LogP contribution in [0.3, 0.4) is 0 Å². The summed E-state index contributed by atoms with van der Waals surface area (Å²) in [6.07, 6.45) is 1.98. The van der Waals surface area contributed by atoms with Gasteiger partial charge in [-0.1, -0.05) is 47.6 Å². The van der Waals surface area contributed by atoms with Gasteiger partial charge in [0.15, 0.2) is 0 Å². The molecular formula is C24H36N2O4S. The number of piperidine rings is 1. The number of carbonyl (C=O) groups excluding carboxylic acids is 2. The van der Waals surface area contributed by atoms with E-state index < -0.39 is 26.4 Å². The van der Waals surface area contributed by atoms with Crippen LogP contribution >= 0.6 is 0 Å². The Balaban J connectivity index is 1.96. The summed E-state index contributed by atoms with van der Waals surface area (Å²) >= 11 is 0. The van der Waals surface area contributed by atoms with E-state index in [9.17, 15) is 18.0 Å². The number of nitrogens with one attached hydrogen (secondary N) is 1. The van der Waals surface area contributed by atoms with E-state index in [0.717, 1.165) is 0 Å². The highest BCUT2D eigenvalue weighted by molar-refractivity contribution is 7.89. The van der Waals surface area contributed by atoms with E-state index in [1.165, 1.54) is 17.0 Å². The first-order valence-electron chi connectivity index (χ1n) is 10.9. The number of anilines is 1. The van der Waals surface area contributed by atoms with Gasteiger partial charge in [0.1, 0.15) is 0 Å². The highest BCUT2D eigenvalue weighted by Crippen LogP contribution is 2.60. The van der Waals surface area contributed by atoms with Gasteiger partial charge in [0.25, 0.3) is 0 Å². The van der Waals surface area contributed by atoms with Gasteiger partial charge >= 0.3 is 0 Å². The predicted molar refractivity (Wildman–Crippen MR) is 122 cm³/mol. The standard InChI is InChI=1S/C24H36N2O4S/c1-21(2,3)15-22(4,5)25-31(29,30)17-11-9-10-16(14-17)26-19(27)18-12-13-24(8,20(26)28)23(18,6)7/h9-11,14,18,25H,12-13,15H2,1-8H3/t18-,24+/m1/s1. The van der Waals surface area contributed by atoms with Crippen molar-refractivity contribution in [3.05, 3.63) is 24.3 Å². The Labute approximate surface area is 186 Å². The fraction of sp³-hybridized carbons (Fsp3) is 0.667. The number of imide groups is 1. The van der Waals surface area contributed by atoms with Gasteiger partial charge in [-0.2, -0.15) is 0 Å². The number of carbonyl (C=O) groups is 2. The van der Waals surface area contributed by atoms with Gasteiger partial charge in [0.2, 0.25) is 21.8 Å². The molecule has 172 valence electrons. The van der Waals surface area contributed by atoms with Gasteiger partial charge in [-0.05, 0) is 62.1 Å². The Morgan fingerprint density at radius 2 is 1.71 bits per heavy atom.